The van der Waals surface area contributed by atoms with Crippen molar-refractivity contribution in [3.63, 3.8) is 0 Å². The predicted molar refractivity (Wildman–Crippen MR) is 153 cm³/mol. The van der Waals surface area contributed by atoms with Crippen molar-refractivity contribution in [3.8, 4) is 5.75 Å². The number of rotatable bonds is 13. The molecule has 0 saturated carbocycles. The Bertz CT molecular complexity index is 1190. The number of hydrogen-bond acceptors (Lipinski definition) is 4. The third-order valence-electron chi connectivity index (χ3n) is 6.29. The lowest BCUT2D eigenvalue weighted by Crippen LogP contribution is -2.52. The van der Waals surface area contributed by atoms with Gasteiger partial charge in [-0.05, 0) is 48.7 Å². The van der Waals surface area contributed by atoms with Crippen LogP contribution < -0.4 is 10.1 Å². The van der Waals surface area contributed by atoms with Crippen LogP contribution in [-0.2, 0) is 28.3 Å². The van der Waals surface area contributed by atoms with E-state index in [-0.39, 0.29) is 35.9 Å². The molecule has 0 aliphatic carbocycles. The topological polar surface area (TPSA) is 58.6 Å². The Labute approximate surface area is 233 Å². The van der Waals surface area contributed by atoms with Gasteiger partial charge in [0.2, 0.25) is 11.8 Å². The van der Waals surface area contributed by atoms with Crippen LogP contribution in [0.5, 0.6) is 5.75 Å². The van der Waals surface area contributed by atoms with Crippen molar-refractivity contribution in [2.45, 2.75) is 51.1 Å². The Morgan fingerprint density at radius 3 is 2.45 bits per heavy atom. The first-order valence-corrected chi connectivity index (χ1v) is 14.1. The fourth-order valence-corrected chi connectivity index (χ4v) is 5.21. The molecule has 8 heteroatoms. The molecule has 5 nitrogen and oxygen atoms in total. The number of halogens is 2. The minimum absolute atomic E-state index is 0.0351. The highest BCUT2D eigenvalue weighted by Gasteiger charge is 2.31. The number of carbonyl (C=O) groups excluding carboxylic acids is 2. The molecule has 2 atom stereocenters. The van der Waals surface area contributed by atoms with Gasteiger partial charge in [0, 0.05) is 35.3 Å². The van der Waals surface area contributed by atoms with Crippen LogP contribution in [0, 0.1) is 5.82 Å². The van der Waals surface area contributed by atoms with Gasteiger partial charge in [-0.3, -0.25) is 9.59 Å². The highest BCUT2D eigenvalue weighted by molar-refractivity contribution is 7.99. The molecular weight excluding hydrogens is 523 g/mol. The van der Waals surface area contributed by atoms with Crippen LogP contribution in [0.3, 0.4) is 0 Å². The number of amides is 2. The fourth-order valence-electron chi connectivity index (χ4n) is 3.96. The van der Waals surface area contributed by atoms with Crippen molar-refractivity contribution in [2.75, 3.05) is 12.9 Å². The molecule has 202 valence electrons. The number of methoxy groups -OCH3 is 1. The number of carbonyl (C=O) groups is 2. The number of thioether (sulfide) groups is 1. The summed E-state index contributed by atoms with van der Waals surface area (Å²) in [6.07, 6.45) is 1.13. The first kappa shape index (κ1) is 29.5. The van der Waals surface area contributed by atoms with E-state index in [9.17, 15) is 14.0 Å². The largest absolute Gasteiger partial charge is 0.497 e. The molecule has 0 spiro atoms. The minimum atomic E-state index is -0.734. The van der Waals surface area contributed by atoms with E-state index in [1.807, 2.05) is 68.4 Å². The Hall–Kier alpha value is -3.03. The summed E-state index contributed by atoms with van der Waals surface area (Å²) in [6.45, 7) is 4.17. The Morgan fingerprint density at radius 2 is 1.76 bits per heavy atom. The predicted octanol–water partition coefficient (Wildman–Crippen LogP) is 6.28. The van der Waals surface area contributed by atoms with Gasteiger partial charge in [0.25, 0.3) is 0 Å². The van der Waals surface area contributed by atoms with Gasteiger partial charge in [-0.2, -0.15) is 0 Å². The molecule has 3 rings (SSSR count). The Kier molecular flexibility index (Phi) is 11.5. The van der Waals surface area contributed by atoms with Crippen LogP contribution in [0.2, 0.25) is 5.02 Å². The minimum Gasteiger partial charge on any atom is -0.497 e. The molecule has 1 N–H and O–H groups in total. The lowest BCUT2D eigenvalue weighted by atomic mass is 10.0. The fraction of sp³-hybridized carbons (Fsp3) is 0.333. The average Bonchev–Trinajstić information content (AvgIpc) is 2.92. The molecule has 38 heavy (non-hydrogen) atoms. The number of nitrogens with one attached hydrogen (secondary N) is 1. The van der Waals surface area contributed by atoms with Crippen molar-refractivity contribution < 1.29 is 18.7 Å². The molecule has 0 aliphatic rings. The second kappa shape index (κ2) is 14.8. The smallest absolute Gasteiger partial charge is 0.243 e. The number of benzene rings is 3. The van der Waals surface area contributed by atoms with E-state index in [1.165, 1.54) is 17.8 Å². The summed E-state index contributed by atoms with van der Waals surface area (Å²) in [6, 6.07) is 20.9. The van der Waals surface area contributed by atoms with Crippen molar-refractivity contribution in [3.05, 3.63) is 100 Å². The zero-order valence-electron chi connectivity index (χ0n) is 22.0. The van der Waals surface area contributed by atoms with E-state index in [0.717, 1.165) is 17.5 Å². The highest BCUT2D eigenvalue weighted by Crippen LogP contribution is 2.25. The number of nitrogens with zero attached hydrogens (tertiary/aromatic N) is 1. The zero-order valence-corrected chi connectivity index (χ0v) is 23.5. The molecule has 2 amide bonds. The first-order chi connectivity index (χ1) is 18.3. The van der Waals surface area contributed by atoms with E-state index in [0.29, 0.717) is 22.8 Å². The van der Waals surface area contributed by atoms with Gasteiger partial charge in [0.05, 0.1) is 12.9 Å². The monoisotopic (exact) mass is 556 g/mol. The Balaban J connectivity index is 1.89. The van der Waals surface area contributed by atoms with Crippen LogP contribution in [-0.4, -0.2) is 41.7 Å². The van der Waals surface area contributed by atoms with Crippen LogP contribution in [0.1, 0.15) is 37.0 Å². The zero-order chi connectivity index (χ0) is 27.5. The second-order valence-electron chi connectivity index (χ2n) is 9.09. The molecule has 0 unspecified atom stereocenters. The summed E-state index contributed by atoms with van der Waals surface area (Å²) in [5, 5.41) is 3.39. The maximum atomic E-state index is 14.3. The molecular formula is C30H34ClFN2O3S. The van der Waals surface area contributed by atoms with Gasteiger partial charge in [-0.15, -0.1) is 11.8 Å². The lowest BCUT2D eigenvalue weighted by Gasteiger charge is -2.32. The maximum absolute atomic E-state index is 14.3. The number of ether oxygens (including phenoxy) is 1. The molecule has 3 aromatic carbocycles. The van der Waals surface area contributed by atoms with Gasteiger partial charge in [-0.25, -0.2) is 4.39 Å². The molecule has 0 heterocycles. The lowest BCUT2D eigenvalue weighted by molar-refractivity contribution is -0.139. The first-order valence-electron chi connectivity index (χ1n) is 12.6. The Morgan fingerprint density at radius 1 is 1.05 bits per heavy atom. The van der Waals surface area contributed by atoms with Crippen LogP contribution in [0.15, 0.2) is 72.8 Å². The third-order valence-corrected chi connectivity index (χ3v) is 7.59. The summed E-state index contributed by atoms with van der Waals surface area (Å²) >= 11 is 7.45. The van der Waals surface area contributed by atoms with E-state index in [4.69, 9.17) is 16.3 Å². The van der Waals surface area contributed by atoms with Gasteiger partial charge in [0.1, 0.15) is 17.6 Å². The molecule has 0 aliphatic heterocycles. The van der Waals surface area contributed by atoms with E-state index < -0.39 is 11.9 Å². The van der Waals surface area contributed by atoms with Crippen LogP contribution in [0.4, 0.5) is 4.39 Å². The molecule has 0 saturated heterocycles. The van der Waals surface area contributed by atoms with Gasteiger partial charge in [-0.1, -0.05) is 67.1 Å². The average molecular weight is 557 g/mol. The third kappa shape index (κ3) is 8.50. The summed E-state index contributed by atoms with van der Waals surface area (Å²) < 4.78 is 19.6. The maximum Gasteiger partial charge on any atom is 0.243 e. The highest BCUT2D eigenvalue weighted by atomic mass is 35.5. The normalized spacial score (nSPS) is 12.4. The van der Waals surface area contributed by atoms with E-state index >= 15 is 0 Å². The molecule has 0 bridgehead atoms. The van der Waals surface area contributed by atoms with Gasteiger partial charge < -0.3 is 15.0 Å². The number of hydrogen-bond donors (Lipinski definition) is 1. The van der Waals surface area contributed by atoms with Gasteiger partial charge in [0.15, 0.2) is 0 Å². The summed E-state index contributed by atoms with van der Waals surface area (Å²) in [5.74, 6) is 0.151. The SMILES string of the molecule is CC[C@@H](C)NC(=O)[C@H](Cc1ccccc1)N(Cc1cccc(OC)c1)C(=O)CSCc1c(F)cccc1Cl. The molecule has 3 aromatic rings. The summed E-state index contributed by atoms with van der Waals surface area (Å²) in [5.41, 5.74) is 2.15. The van der Waals surface area contributed by atoms with Crippen LogP contribution in [0.25, 0.3) is 0 Å². The van der Waals surface area contributed by atoms with Crippen molar-refractivity contribution >= 4 is 35.2 Å². The molecule has 0 fully saturated rings. The second-order valence-corrected chi connectivity index (χ2v) is 10.5. The van der Waals surface area contributed by atoms with E-state index in [1.54, 1.807) is 24.1 Å². The quantitative estimate of drug-likeness (QED) is 0.269. The standard InChI is InChI=1S/C30H34ClFN2O3S/c1-4-21(2)33-30(36)28(17-22-10-6-5-7-11-22)34(18-23-12-8-13-24(16-23)37-3)29(35)20-38-19-25-26(31)14-9-15-27(25)32/h5-16,21,28H,4,17-20H2,1-3H3,(H,33,36)/t21-,28+/m1/s1. The van der Waals surface area contributed by atoms with Crippen molar-refractivity contribution in [2.24, 2.45) is 0 Å². The van der Waals surface area contributed by atoms with Crippen LogP contribution >= 0.6 is 23.4 Å². The summed E-state index contributed by atoms with van der Waals surface area (Å²) in [4.78, 5) is 28.9. The van der Waals surface area contributed by atoms with E-state index in [2.05, 4.69) is 5.32 Å². The molecule has 0 aromatic heterocycles. The van der Waals surface area contributed by atoms with Crippen molar-refractivity contribution in [1.29, 1.82) is 0 Å². The van der Waals surface area contributed by atoms with Gasteiger partial charge >= 0.3 is 0 Å². The summed E-state index contributed by atoms with van der Waals surface area (Å²) in [7, 11) is 1.59. The molecule has 0 radical (unpaired) electrons. The van der Waals surface area contributed by atoms with Crippen molar-refractivity contribution in [1.82, 2.24) is 10.2 Å².